The lowest BCUT2D eigenvalue weighted by molar-refractivity contribution is 0.000739. The molecule has 2 bridgehead atoms. The maximum atomic E-state index is 16.3. The molecule has 1 N–H and O–H groups in total. The van der Waals surface area contributed by atoms with Crippen LogP contribution in [0.2, 0.25) is 0 Å². The van der Waals surface area contributed by atoms with Crippen LogP contribution in [0.5, 0.6) is 11.6 Å². The number of rotatable bonds is 7. The van der Waals surface area contributed by atoms with E-state index in [1.165, 1.54) is 7.11 Å². The topological polar surface area (TPSA) is 67.7 Å². The van der Waals surface area contributed by atoms with Gasteiger partial charge in [-0.15, -0.1) is 11.8 Å². The van der Waals surface area contributed by atoms with Crippen molar-refractivity contribution in [1.29, 1.82) is 0 Å². The first-order chi connectivity index (χ1) is 19.7. The summed E-state index contributed by atoms with van der Waals surface area (Å²) in [6, 6.07) is 16.7. The first-order valence-corrected chi connectivity index (χ1v) is 16.1. The van der Waals surface area contributed by atoms with Crippen LogP contribution in [-0.2, 0) is 5.60 Å². The van der Waals surface area contributed by atoms with E-state index >= 15 is 4.39 Å². The van der Waals surface area contributed by atoms with Gasteiger partial charge in [0.15, 0.2) is 11.6 Å². The third-order valence-electron chi connectivity index (χ3n) is 7.60. The number of aromatic nitrogens is 2. The molecule has 3 heterocycles. The molecule has 6 nitrogen and oxygen atoms in total. The summed E-state index contributed by atoms with van der Waals surface area (Å²) in [6.07, 6.45) is 0.328. The van der Waals surface area contributed by atoms with Crippen molar-refractivity contribution in [2.45, 2.75) is 47.2 Å². The normalized spacial score (nSPS) is 20.2. The average Bonchev–Trinajstić information content (AvgIpc) is 2.98. The summed E-state index contributed by atoms with van der Waals surface area (Å²) >= 11 is 6.83. The lowest BCUT2D eigenvalue weighted by atomic mass is 9.71. The first-order valence-electron chi connectivity index (χ1n) is 13.4. The van der Waals surface area contributed by atoms with E-state index in [0.29, 0.717) is 35.5 Å². The summed E-state index contributed by atoms with van der Waals surface area (Å²) < 4.78 is 28.4. The number of aliphatic hydroxyl groups is 1. The van der Waals surface area contributed by atoms with Crippen molar-refractivity contribution in [3.63, 3.8) is 0 Å². The molecule has 0 radical (unpaired) electrons. The fraction of sp³-hybridized carbons (Fsp3) is 0.355. The largest absolute Gasteiger partial charge is 0.494 e. The summed E-state index contributed by atoms with van der Waals surface area (Å²) in [6.45, 7) is 4.77. The maximum absolute atomic E-state index is 16.3. The van der Waals surface area contributed by atoms with Crippen LogP contribution in [0, 0.1) is 5.82 Å². The monoisotopic (exact) mass is 657 g/mol. The molecule has 0 aliphatic carbocycles. The molecule has 1 aliphatic heterocycles. The minimum atomic E-state index is -1.55. The van der Waals surface area contributed by atoms with Crippen molar-refractivity contribution in [2.24, 2.45) is 0 Å². The maximum Gasteiger partial charge on any atom is 0.217 e. The minimum Gasteiger partial charge on any atom is -0.494 e. The second-order valence-electron chi connectivity index (χ2n) is 10.1. The van der Waals surface area contributed by atoms with Crippen LogP contribution in [0.3, 0.4) is 0 Å². The molecule has 3 unspecified atom stereocenters. The third kappa shape index (κ3) is 5.95. The Morgan fingerprint density at radius 3 is 2.68 bits per heavy atom. The van der Waals surface area contributed by atoms with E-state index in [-0.39, 0.29) is 11.1 Å². The highest BCUT2D eigenvalue weighted by Crippen LogP contribution is 2.50. The Morgan fingerprint density at radius 2 is 1.95 bits per heavy atom. The van der Waals surface area contributed by atoms with Crippen LogP contribution in [0.4, 0.5) is 4.39 Å². The predicted octanol–water partition coefficient (Wildman–Crippen LogP) is 7.45. The highest BCUT2D eigenvalue weighted by Gasteiger charge is 2.45. The summed E-state index contributed by atoms with van der Waals surface area (Å²) in [5.74, 6) is -0.148. The van der Waals surface area contributed by atoms with E-state index < -0.39 is 17.3 Å². The number of fused-ring (bicyclic) bond motifs is 3. The van der Waals surface area contributed by atoms with Gasteiger partial charge in [-0.1, -0.05) is 46.7 Å². The fourth-order valence-corrected chi connectivity index (χ4v) is 7.45. The van der Waals surface area contributed by atoms with E-state index in [1.54, 1.807) is 48.8 Å². The second-order valence-corrected chi connectivity index (χ2v) is 13.6. The Morgan fingerprint density at radius 1 is 1.15 bits per heavy atom. The molecule has 5 rings (SSSR count). The molecule has 1 aliphatic rings. The number of methoxy groups -OCH3 is 2. The van der Waals surface area contributed by atoms with Gasteiger partial charge in [0.1, 0.15) is 5.60 Å². The van der Waals surface area contributed by atoms with Gasteiger partial charge in [0.25, 0.3) is 0 Å². The van der Waals surface area contributed by atoms with E-state index in [4.69, 9.17) is 19.4 Å². The molecule has 10 heteroatoms. The van der Waals surface area contributed by atoms with Crippen LogP contribution in [0.25, 0.3) is 10.9 Å². The molecule has 0 saturated heterocycles. The summed E-state index contributed by atoms with van der Waals surface area (Å²) in [7, 11) is 5.03. The number of nitrogens with zero attached hydrogens (tertiary/aromatic N) is 3. The van der Waals surface area contributed by atoms with Gasteiger partial charge in [0.05, 0.1) is 41.1 Å². The lowest BCUT2D eigenvalue weighted by Crippen LogP contribution is -2.39. The highest BCUT2D eigenvalue weighted by molar-refractivity contribution is 9.10. The number of pyridine rings is 2. The summed E-state index contributed by atoms with van der Waals surface area (Å²) in [4.78, 5) is 11.9. The Hall–Kier alpha value is -2.37. The zero-order valence-corrected chi connectivity index (χ0v) is 26.9. The van der Waals surface area contributed by atoms with E-state index in [0.717, 1.165) is 31.2 Å². The number of hydrogen-bond donors (Lipinski definition) is 1. The Bertz CT molecular complexity index is 1580. The lowest BCUT2D eigenvalue weighted by Gasteiger charge is -2.39. The van der Waals surface area contributed by atoms with E-state index in [9.17, 15) is 5.11 Å². The van der Waals surface area contributed by atoms with E-state index in [1.807, 2.05) is 43.4 Å². The van der Waals surface area contributed by atoms with Crippen molar-refractivity contribution in [2.75, 3.05) is 33.6 Å². The van der Waals surface area contributed by atoms with Crippen LogP contribution >= 0.6 is 39.5 Å². The summed E-state index contributed by atoms with van der Waals surface area (Å²) in [5, 5.41) is 15.7. The smallest absolute Gasteiger partial charge is 0.217 e. The zero-order chi connectivity index (χ0) is 29.3. The van der Waals surface area contributed by atoms with Crippen LogP contribution in [-0.4, -0.2) is 58.9 Å². The van der Waals surface area contributed by atoms with Crippen LogP contribution in [0.1, 0.15) is 42.9 Å². The van der Waals surface area contributed by atoms with Gasteiger partial charge in [-0.2, -0.15) is 0 Å². The molecule has 0 fully saturated rings. The molecule has 216 valence electrons. The first kappa shape index (κ1) is 30.1. The Kier molecular flexibility index (Phi) is 9.16. The van der Waals surface area contributed by atoms with Crippen molar-refractivity contribution >= 4 is 50.4 Å². The van der Waals surface area contributed by atoms with Crippen molar-refractivity contribution in [3.8, 4) is 11.6 Å². The molecule has 0 saturated carbocycles. The number of ether oxygens (including phenoxy) is 2. The number of hydrogen-bond acceptors (Lipinski definition) is 8. The van der Waals surface area contributed by atoms with Gasteiger partial charge >= 0.3 is 0 Å². The van der Waals surface area contributed by atoms with Crippen LogP contribution in [0.15, 0.2) is 69.1 Å². The molecular weight excluding hydrogens is 625 g/mol. The molecule has 4 aromatic rings. The van der Waals surface area contributed by atoms with Gasteiger partial charge in [-0.3, -0.25) is 4.90 Å². The Balaban J connectivity index is 1.85. The van der Waals surface area contributed by atoms with Gasteiger partial charge in [-0.25, -0.2) is 14.4 Å². The van der Waals surface area contributed by atoms with Gasteiger partial charge < -0.3 is 14.6 Å². The quantitative estimate of drug-likeness (QED) is 0.206. The molecular formula is C31H33BrFN3O3S2. The average molecular weight is 659 g/mol. The van der Waals surface area contributed by atoms with Crippen LogP contribution < -0.4 is 9.47 Å². The van der Waals surface area contributed by atoms with Crippen molar-refractivity contribution in [3.05, 3.63) is 81.6 Å². The Labute approximate surface area is 257 Å². The standard InChI is InChI=1S/C31H33BrFN3O3S2/c1-6-40-26-16-20-17-27(35-26)41-18(2)36(3)13-12-31(20,37)28(22-8-7-9-25(38-4)29(22)33)23-15-19-14-21(32)10-11-24(19)34-30(23)39-5/h7-11,14-18,28,37H,6,12-13H2,1-5H3. The number of thioether (sulfide) groups is 2. The fourth-order valence-electron chi connectivity index (χ4n) is 5.37. The molecule has 0 spiro atoms. The minimum absolute atomic E-state index is 0.105. The van der Waals surface area contributed by atoms with E-state index in [2.05, 4.69) is 34.7 Å². The third-order valence-corrected chi connectivity index (χ3v) is 10.0. The molecule has 41 heavy (non-hydrogen) atoms. The van der Waals surface area contributed by atoms with Crippen molar-refractivity contribution < 1.29 is 19.0 Å². The van der Waals surface area contributed by atoms with Crippen molar-refractivity contribution in [1.82, 2.24) is 14.9 Å². The second kappa shape index (κ2) is 12.5. The summed E-state index contributed by atoms with van der Waals surface area (Å²) in [5.41, 5.74) is 0.738. The van der Waals surface area contributed by atoms with Gasteiger partial charge in [-0.05, 0) is 74.2 Å². The van der Waals surface area contributed by atoms with Gasteiger partial charge in [0, 0.05) is 27.5 Å². The van der Waals surface area contributed by atoms with Gasteiger partial charge in [0.2, 0.25) is 5.88 Å². The molecule has 0 amide bonds. The molecule has 2 aromatic heterocycles. The SMILES string of the molecule is CCSc1cc2cc(n1)SC(C)N(C)CCC2(O)C(c1cc2cc(Br)ccc2nc1OC)c1cccc(OC)c1F. The number of benzene rings is 2. The predicted molar refractivity (Wildman–Crippen MR) is 168 cm³/mol. The molecule has 3 atom stereocenters. The zero-order valence-electron chi connectivity index (χ0n) is 23.6. The molecule has 2 aromatic carbocycles. The number of halogens is 2. The highest BCUT2D eigenvalue weighted by atomic mass is 79.9.